The summed E-state index contributed by atoms with van der Waals surface area (Å²) in [5, 5.41) is 10.9. The van der Waals surface area contributed by atoms with Gasteiger partial charge in [-0.25, -0.2) is 0 Å². The van der Waals surface area contributed by atoms with Crippen molar-refractivity contribution in [1.29, 1.82) is 0 Å². The standard InChI is InChI=1S/C11H13NO3S/c1-12-11(15)16-10(7-13)6-8-2-4-9(14)5-3-8/h2-5,7,10,14H,6H2,1H3,(H,12,15). The molecule has 1 aromatic carbocycles. The topological polar surface area (TPSA) is 66.4 Å². The van der Waals surface area contributed by atoms with Crippen LogP contribution < -0.4 is 5.32 Å². The number of phenolic OH excluding ortho intramolecular Hbond substituents is 1. The molecule has 0 aliphatic carbocycles. The van der Waals surface area contributed by atoms with Crippen molar-refractivity contribution in [1.82, 2.24) is 5.32 Å². The second-order valence-electron chi connectivity index (χ2n) is 3.20. The van der Waals surface area contributed by atoms with E-state index in [0.717, 1.165) is 23.6 Å². The number of aldehydes is 1. The van der Waals surface area contributed by atoms with E-state index in [1.165, 1.54) is 7.05 Å². The molecule has 0 saturated heterocycles. The maximum Gasteiger partial charge on any atom is 0.279 e. The molecular weight excluding hydrogens is 226 g/mol. The molecule has 86 valence electrons. The molecule has 1 amide bonds. The summed E-state index contributed by atoms with van der Waals surface area (Å²) in [5.74, 6) is 0.186. The number of hydrogen-bond acceptors (Lipinski definition) is 4. The third-order valence-electron chi connectivity index (χ3n) is 1.99. The van der Waals surface area contributed by atoms with Crippen molar-refractivity contribution in [2.45, 2.75) is 11.7 Å². The van der Waals surface area contributed by atoms with Crippen LogP contribution in [0.25, 0.3) is 0 Å². The van der Waals surface area contributed by atoms with Gasteiger partial charge in [-0.2, -0.15) is 0 Å². The quantitative estimate of drug-likeness (QED) is 0.783. The Hall–Kier alpha value is -1.49. The van der Waals surface area contributed by atoms with Crippen LogP contribution in [0.1, 0.15) is 5.56 Å². The summed E-state index contributed by atoms with van der Waals surface area (Å²) in [4.78, 5) is 21.9. The first-order valence-electron chi connectivity index (χ1n) is 4.77. The van der Waals surface area contributed by atoms with Gasteiger partial charge in [0.25, 0.3) is 5.24 Å². The molecule has 4 nitrogen and oxygen atoms in total. The summed E-state index contributed by atoms with van der Waals surface area (Å²) in [6, 6.07) is 6.58. The first-order chi connectivity index (χ1) is 7.65. The molecule has 0 spiro atoms. The number of carbonyl (C=O) groups excluding carboxylic acids is 2. The molecule has 1 aromatic rings. The molecule has 16 heavy (non-hydrogen) atoms. The van der Waals surface area contributed by atoms with Crippen molar-refractivity contribution in [3.8, 4) is 5.75 Å². The van der Waals surface area contributed by atoms with E-state index in [2.05, 4.69) is 5.32 Å². The highest BCUT2D eigenvalue weighted by Crippen LogP contribution is 2.17. The molecule has 0 aromatic heterocycles. The number of carbonyl (C=O) groups is 2. The Morgan fingerprint density at radius 2 is 2.12 bits per heavy atom. The zero-order valence-corrected chi connectivity index (χ0v) is 9.66. The van der Waals surface area contributed by atoms with Gasteiger partial charge in [0.2, 0.25) is 0 Å². The fraction of sp³-hybridized carbons (Fsp3) is 0.273. The number of phenols is 1. The van der Waals surface area contributed by atoms with E-state index >= 15 is 0 Å². The van der Waals surface area contributed by atoms with Crippen molar-refractivity contribution < 1.29 is 14.7 Å². The van der Waals surface area contributed by atoms with Gasteiger partial charge in [-0.15, -0.1) is 0 Å². The van der Waals surface area contributed by atoms with Crippen LogP contribution in [0, 0.1) is 0 Å². The van der Waals surface area contributed by atoms with Crippen LogP contribution in [0.3, 0.4) is 0 Å². The number of thioether (sulfide) groups is 1. The Kier molecular flexibility index (Phi) is 4.85. The lowest BCUT2D eigenvalue weighted by Crippen LogP contribution is -2.18. The minimum atomic E-state index is -0.399. The van der Waals surface area contributed by atoms with Gasteiger partial charge < -0.3 is 15.2 Å². The molecule has 0 heterocycles. The average molecular weight is 239 g/mol. The smallest absolute Gasteiger partial charge is 0.279 e. The van der Waals surface area contributed by atoms with Crippen molar-refractivity contribution in [3.05, 3.63) is 29.8 Å². The lowest BCUT2D eigenvalue weighted by molar-refractivity contribution is -0.107. The summed E-state index contributed by atoms with van der Waals surface area (Å²) in [6.07, 6.45) is 1.23. The number of rotatable bonds is 4. The van der Waals surface area contributed by atoms with Crippen LogP contribution in [-0.4, -0.2) is 28.9 Å². The third-order valence-corrected chi connectivity index (χ3v) is 2.99. The van der Waals surface area contributed by atoms with Gasteiger partial charge in [-0.3, -0.25) is 4.79 Å². The summed E-state index contributed by atoms with van der Waals surface area (Å²) in [6.45, 7) is 0. The largest absolute Gasteiger partial charge is 0.508 e. The molecule has 2 N–H and O–H groups in total. The van der Waals surface area contributed by atoms with Crippen LogP contribution in [0.2, 0.25) is 0 Å². The average Bonchev–Trinajstić information content (AvgIpc) is 2.30. The molecule has 1 atom stereocenters. The summed E-state index contributed by atoms with van der Waals surface area (Å²) < 4.78 is 0. The van der Waals surface area contributed by atoms with E-state index in [0.29, 0.717) is 6.42 Å². The highest BCUT2D eigenvalue weighted by molar-refractivity contribution is 8.14. The van der Waals surface area contributed by atoms with Gasteiger partial charge in [-0.05, 0) is 24.1 Å². The van der Waals surface area contributed by atoms with E-state index in [9.17, 15) is 9.59 Å². The normalized spacial score (nSPS) is 11.8. The van der Waals surface area contributed by atoms with Gasteiger partial charge in [0.15, 0.2) is 0 Å². The van der Waals surface area contributed by atoms with Crippen molar-refractivity contribution in [3.63, 3.8) is 0 Å². The molecular formula is C11H13NO3S. The summed E-state index contributed by atoms with van der Waals surface area (Å²) in [7, 11) is 1.53. The van der Waals surface area contributed by atoms with Crippen LogP contribution in [-0.2, 0) is 11.2 Å². The summed E-state index contributed by atoms with van der Waals surface area (Å²) >= 11 is 0.963. The second-order valence-corrected chi connectivity index (χ2v) is 4.41. The lowest BCUT2D eigenvalue weighted by atomic mass is 10.1. The lowest BCUT2D eigenvalue weighted by Gasteiger charge is -2.08. The maximum atomic E-state index is 11.1. The molecule has 0 aliphatic heterocycles. The molecule has 1 unspecified atom stereocenters. The number of nitrogens with one attached hydrogen (secondary N) is 1. The van der Waals surface area contributed by atoms with Crippen molar-refractivity contribution >= 4 is 23.3 Å². The minimum Gasteiger partial charge on any atom is -0.508 e. The molecule has 5 heteroatoms. The Bertz CT molecular complexity index is 364. The fourth-order valence-corrected chi connectivity index (χ4v) is 1.90. The number of amides is 1. The number of benzene rings is 1. The van der Waals surface area contributed by atoms with Crippen molar-refractivity contribution in [2.24, 2.45) is 0 Å². The van der Waals surface area contributed by atoms with Crippen LogP contribution in [0.15, 0.2) is 24.3 Å². The molecule has 0 saturated carbocycles. The fourth-order valence-electron chi connectivity index (χ4n) is 1.18. The van der Waals surface area contributed by atoms with Gasteiger partial charge in [-0.1, -0.05) is 23.9 Å². The zero-order chi connectivity index (χ0) is 12.0. The van der Waals surface area contributed by atoms with Crippen molar-refractivity contribution in [2.75, 3.05) is 7.05 Å². The Balaban J connectivity index is 2.59. The molecule has 1 rings (SSSR count). The van der Waals surface area contributed by atoms with Crippen LogP contribution in [0.4, 0.5) is 4.79 Å². The molecule has 0 fully saturated rings. The molecule has 0 aliphatic rings. The highest BCUT2D eigenvalue weighted by Gasteiger charge is 2.13. The van der Waals surface area contributed by atoms with Crippen LogP contribution >= 0.6 is 11.8 Å². The molecule has 0 radical (unpaired) electrons. The van der Waals surface area contributed by atoms with Gasteiger partial charge in [0.05, 0.1) is 5.25 Å². The SMILES string of the molecule is CNC(=O)SC(C=O)Cc1ccc(O)cc1. The van der Waals surface area contributed by atoms with E-state index in [1.54, 1.807) is 24.3 Å². The Morgan fingerprint density at radius 3 is 2.62 bits per heavy atom. The molecule has 0 bridgehead atoms. The maximum absolute atomic E-state index is 11.1. The number of hydrogen-bond donors (Lipinski definition) is 2. The van der Waals surface area contributed by atoms with Crippen LogP contribution in [0.5, 0.6) is 5.75 Å². The van der Waals surface area contributed by atoms with E-state index in [1.807, 2.05) is 0 Å². The van der Waals surface area contributed by atoms with Gasteiger partial charge in [0, 0.05) is 7.05 Å². The van der Waals surface area contributed by atoms with Gasteiger partial charge in [0.1, 0.15) is 12.0 Å². The Labute approximate surface area is 98.0 Å². The third kappa shape index (κ3) is 3.94. The highest BCUT2D eigenvalue weighted by atomic mass is 32.2. The number of aromatic hydroxyl groups is 1. The zero-order valence-electron chi connectivity index (χ0n) is 8.84. The van der Waals surface area contributed by atoms with E-state index < -0.39 is 5.25 Å². The summed E-state index contributed by atoms with van der Waals surface area (Å²) in [5.41, 5.74) is 0.909. The monoisotopic (exact) mass is 239 g/mol. The first kappa shape index (κ1) is 12.6. The first-order valence-corrected chi connectivity index (χ1v) is 5.65. The predicted molar refractivity (Wildman–Crippen MR) is 63.7 cm³/mol. The minimum absolute atomic E-state index is 0.186. The predicted octanol–water partition coefficient (Wildman–Crippen LogP) is 1.57. The Morgan fingerprint density at radius 1 is 1.50 bits per heavy atom. The van der Waals surface area contributed by atoms with E-state index in [-0.39, 0.29) is 11.0 Å². The second kappa shape index (κ2) is 6.17. The van der Waals surface area contributed by atoms with E-state index in [4.69, 9.17) is 5.11 Å². The van der Waals surface area contributed by atoms with Gasteiger partial charge >= 0.3 is 0 Å².